The van der Waals surface area contributed by atoms with Gasteiger partial charge in [0.15, 0.2) is 0 Å². The molecule has 7 rings (SSSR count). The third kappa shape index (κ3) is 6.85. The van der Waals surface area contributed by atoms with Gasteiger partial charge < -0.3 is 20.5 Å². The monoisotopic (exact) mass is 631 g/mol. The molecule has 47 heavy (non-hydrogen) atoms. The molecule has 1 saturated carbocycles. The van der Waals surface area contributed by atoms with Gasteiger partial charge >= 0.3 is 0 Å². The molecule has 1 fully saturated rings. The topological polar surface area (TPSA) is 128 Å². The molecule has 6 aromatic rings. The number of H-pyrrole nitrogens is 2. The zero-order valence-corrected chi connectivity index (χ0v) is 26.6. The summed E-state index contributed by atoms with van der Waals surface area (Å²) >= 11 is 0. The van der Waals surface area contributed by atoms with Gasteiger partial charge in [-0.05, 0) is 74.8 Å². The van der Waals surface area contributed by atoms with E-state index in [0.717, 1.165) is 75.0 Å². The highest BCUT2D eigenvalue weighted by atomic mass is 19.1. The van der Waals surface area contributed by atoms with Crippen LogP contribution in [-0.4, -0.2) is 68.1 Å². The molecule has 5 heterocycles. The fourth-order valence-corrected chi connectivity index (χ4v) is 6.47. The molecule has 0 saturated heterocycles. The number of nitrogens with zero attached hydrogens (tertiary/aromatic N) is 5. The lowest BCUT2D eigenvalue weighted by Gasteiger charge is -2.20. The number of halogens is 1. The standard InChI is InChI=1S/C36H38FN9O/c1-46(2)9-8-40-26-12-23(11-25(37)14-26)30-19-39-20-33-28(30)15-32(43-33)36-29-16-31(41-21-34(29)44-45-36)24-13-27(18-38-17-24)42-35(47)10-22-6-4-3-5-7-22/h11-22,40,43H,3-10H2,1-2H3,(H,42,47)(H,44,45). The maximum atomic E-state index is 14.7. The second-order valence-electron chi connectivity index (χ2n) is 12.7. The highest BCUT2D eigenvalue weighted by Gasteiger charge is 2.19. The van der Waals surface area contributed by atoms with E-state index in [1.54, 1.807) is 31.0 Å². The van der Waals surface area contributed by atoms with E-state index in [1.807, 2.05) is 38.4 Å². The van der Waals surface area contributed by atoms with Crippen molar-refractivity contribution in [3.63, 3.8) is 0 Å². The third-order valence-electron chi connectivity index (χ3n) is 8.86. The summed E-state index contributed by atoms with van der Waals surface area (Å²) in [6.07, 6.45) is 15.2. The molecule has 4 N–H and O–H groups in total. The van der Waals surface area contributed by atoms with Gasteiger partial charge in [-0.2, -0.15) is 5.10 Å². The number of aromatic amines is 2. The van der Waals surface area contributed by atoms with Crippen LogP contribution in [0.4, 0.5) is 15.8 Å². The van der Waals surface area contributed by atoms with Gasteiger partial charge in [0.1, 0.15) is 11.5 Å². The second-order valence-corrected chi connectivity index (χ2v) is 12.7. The highest BCUT2D eigenvalue weighted by Crippen LogP contribution is 2.35. The normalized spacial score (nSPS) is 13.9. The Balaban J connectivity index is 1.16. The van der Waals surface area contributed by atoms with Crippen molar-refractivity contribution in [1.29, 1.82) is 0 Å². The maximum absolute atomic E-state index is 14.7. The average molecular weight is 632 g/mol. The molecular weight excluding hydrogens is 593 g/mol. The van der Waals surface area contributed by atoms with Crippen LogP contribution >= 0.6 is 0 Å². The predicted molar refractivity (Wildman–Crippen MR) is 184 cm³/mol. The van der Waals surface area contributed by atoms with Crippen LogP contribution in [0.5, 0.6) is 0 Å². The minimum absolute atomic E-state index is 0.0270. The third-order valence-corrected chi connectivity index (χ3v) is 8.86. The number of carbonyl (C=O) groups excluding carboxylic acids is 1. The Hall–Kier alpha value is -5.16. The lowest BCUT2D eigenvalue weighted by molar-refractivity contribution is -0.117. The quantitative estimate of drug-likeness (QED) is 0.125. The Kier molecular flexibility index (Phi) is 8.62. The molecule has 0 atom stereocenters. The smallest absolute Gasteiger partial charge is 0.224 e. The number of benzene rings is 1. The molecule has 1 aliphatic rings. The number of carbonyl (C=O) groups is 1. The van der Waals surface area contributed by atoms with Crippen molar-refractivity contribution in [3.8, 4) is 33.8 Å². The predicted octanol–water partition coefficient (Wildman–Crippen LogP) is 7.25. The number of amides is 1. The first-order valence-electron chi connectivity index (χ1n) is 16.2. The Morgan fingerprint density at radius 3 is 2.57 bits per heavy atom. The van der Waals surface area contributed by atoms with Crippen LogP contribution in [0, 0.1) is 11.7 Å². The Morgan fingerprint density at radius 2 is 1.72 bits per heavy atom. The first-order valence-corrected chi connectivity index (χ1v) is 16.2. The zero-order chi connectivity index (χ0) is 32.3. The van der Waals surface area contributed by atoms with Crippen molar-refractivity contribution < 1.29 is 9.18 Å². The van der Waals surface area contributed by atoms with E-state index >= 15 is 0 Å². The van der Waals surface area contributed by atoms with Crippen LogP contribution in [0.25, 0.3) is 55.6 Å². The van der Waals surface area contributed by atoms with Gasteiger partial charge in [0.25, 0.3) is 0 Å². The molecule has 1 aromatic carbocycles. The van der Waals surface area contributed by atoms with E-state index in [9.17, 15) is 9.18 Å². The first-order chi connectivity index (χ1) is 22.9. The number of aromatic nitrogens is 6. The molecule has 240 valence electrons. The summed E-state index contributed by atoms with van der Waals surface area (Å²) < 4.78 is 14.7. The van der Waals surface area contributed by atoms with Gasteiger partial charge in [0, 0.05) is 59.5 Å². The second kappa shape index (κ2) is 13.3. The van der Waals surface area contributed by atoms with Crippen molar-refractivity contribution in [2.24, 2.45) is 5.92 Å². The van der Waals surface area contributed by atoms with Crippen molar-refractivity contribution in [2.45, 2.75) is 38.5 Å². The molecule has 0 unspecified atom stereocenters. The molecule has 0 bridgehead atoms. The number of pyridine rings is 3. The molecule has 0 radical (unpaired) electrons. The number of nitrogens with one attached hydrogen (secondary N) is 4. The van der Waals surface area contributed by atoms with E-state index in [4.69, 9.17) is 0 Å². The van der Waals surface area contributed by atoms with E-state index in [2.05, 4.69) is 45.7 Å². The molecule has 11 heteroatoms. The largest absolute Gasteiger partial charge is 0.384 e. The number of fused-ring (bicyclic) bond motifs is 2. The number of likely N-dealkylation sites (N-methyl/N-ethyl adjacent to an activating group) is 1. The van der Waals surface area contributed by atoms with Crippen LogP contribution in [0.1, 0.15) is 38.5 Å². The summed E-state index contributed by atoms with van der Waals surface area (Å²) in [7, 11) is 4.01. The van der Waals surface area contributed by atoms with E-state index in [0.29, 0.717) is 30.3 Å². The van der Waals surface area contributed by atoms with Gasteiger partial charge in [-0.25, -0.2) is 4.39 Å². The minimum atomic E-state index is -0.316. The molecule has 0 aliphatic heterocycles. The number of hydrogen-bond donors (Lipinski definition) is 4. The summed E-state index contributed by atoms with van der Waals surface area (Å²) in [5, 5.41) is 15.9. The van der Waals surface area contributed by atoms with Gasteiger partial charge in [-0.3, -0.25) is 24.8 Å². The van der Waals surface area contributed by atoms with Crippen LogP contribution in [0.3, 0.4) is 0 Å². The Bertz CT molecular complexity index is 2040. The molecule has 10 nitrogen and oxygen atoms in total. The highest BCUT2D eigenvalue weighted by molar-refractivity contribution is 6.01. The van der Waals surface area contributed by atoms with Gasteiger partial charge in [-0.15, -0.1) is 0 Å². The fraction of sp³-hybridized carbons (Fsp3) is 0.306. The number of rotatable bonds is 10. The van der Waals surface area contributed by atoms with Crippen molar-refractivity contribution in [1.82, 2.24) is 35.0 Å². The minimum Gasteiger partial charge on any atom is -0.384 e. The summed E-state index contributed by atoms with van der Waals surface area (Å²) in [5.41, 5.74) is 7.54. The Labute approximate surface area is 272 Å². The van der Waals surface area contributed by atoms with Crippen LogP contribution in [0.15, 0.2) is 67.4 Å². The van der Waals surface area contributed by atoms with E-state index < -0.39 is 0 Å². The molecule has 1 amide bonds. The lowest BCUT2D eigenvalue weighted by Crippen LogP contribution is -2.20. The average Bonchev–Trinajstić information content (AvgIpc) is 3.69. The molecular formula is C36H38FN9O. The molecule has 5 aromatic heterocycles. The van der Waals surface area contributed by atoms with Crippen molar-refractivity contribution >= 4 is 39.1 Å². The van der Waals surface area contributed by atoms with Crippen molar-refractivity contribution in [2.75, 3.05) is 37.8 Å². The summed E-state index contributed by atoms with van der Waals surface area (Å²) in [4.78, 5) is 31.8. The fourth-order valence-electron chi connectivity index (χ4n) is 6.47. The first kappa shape index (κ1) is 30.5. The van der Waals surface area contributed by atoms with Crippen LogP contribution < -0.4 is 10.6 Å². The molecule has 0 spiro atoms. The van der Waals surface area contributed by atoms with Crippen LogP contribution in [0.2, 0.25) is 0 Å². The van der Waals surface area contributed by atoms with Crippen LogP contribution in [-0.2, 0) is 4.79 Å². The van der Waals surface area contributed by atoms with Gasteiger partial charge in [0.05, 0.1) is 46.7 Å². The van der Waals surface area contributed by atoms with Gasteiger partial charge in [0.2, 0.25) is 5.91 Å². The number of anilines is 2. The lowest BCUT2D eigenvalue weighted by atomic mass is 9.87. The maximum Gasteiger partial charge on any atom is 0.224 e. The summed E-state index contributed by atoms with van der Waals surface area (Å²) in [6, 6.07) is 10.9. The van der Waals surface area contributed by atoms with Crippen molar-refractivity contribution in [3.05, 3.63) is 73.2 Å². The SMILES string of the molecule is CN(C)CCNc1cc(F)cc(-c2cncc3[nH]c(-c4n[nH]c5cnc(-c6cncc(NC(=O)CC7CCCCC7)c6)cc45)cc23)c1. The number of hydrogen-bond acceptors (Lipinski definition) is 7. The Morgan fingerprint density at radius 1 is 0.894 bits per heavy atom. The molecule has 1 aliphatic carbocycles. The summed E-state index contributed by atoms with van der Waals surface area (Å²) in [6.45, 7) is 1.53. The zero-order valence-electron chi connectivity index (χ0n) is 26.6. The summed E-state index contributed by atoms with van der Waals surface area (Å²) in [5.74, 6) is 0.170. The van der Waals surface area contributed by atoms with Gasteiger partial charge in [-0.1, -0.05) is 19.3 Å². The van der Waals surface area contributed by atoms with E-state index in [-0.39, 0.29) is 11.7 Å². The van der Waals surface area contributed by atoms with E-state index in [1.165, 1.54) is 31.4 Å².